The van der Waals surface area contributed by atoms with Crippen molar-refractivity contribution in [2.75, 3.05) is 5.75 Å². The van der Waals surface area contributed by atoms with Crippen LogP contribution in [-0.4, -0.2) is 28.0 Å². The first-order valence-corrected chi connectivity index (χ1v) is 9.72. The van der Waals surface area contributed by atoms with E-state index >= 15 is 0 Å². The highest BCUT2D eigenvalue weighted by molar-refractivity contribution is 8.03. The standard InChI is InChI=1S/C14H15ClN2O2S3/c1-9(2)19-12(18)8-21-14-17-16-13(22-14)20-7-10-3-5-11(15)6-4-10/h3-6,9H,7-8H2,1-2H3. The molecule has 1 aromatic carbocycles. The molecule has 4 nitrogen and oxygen atoms in total. The topological polar surface area (TPSA) is 52.1 Å². The molecule has 0 unspecified atom stereocenters. The van der Waals surface area contributed by atoms with Crippen molar-refractivity contribution in [3.8, 4) is 0 Å². The van der Waals surface area contributed by atoms with Crippen LogP contribution >= 0.6 is 46.5 Å². The van der Waals surface area contributed by atoms with E-state index in [4.69, 9.17) is 16.3 Å². The van der Waals surface area contributed by atoms with Crippen molar-refractivity contribution in [2.45, 2.75) is 34.4 Å². The summed E-state index contributed by atoms with van der Waals surface area (Å²) >= 11 is 10.3. The van der Waals surface area contributed by atoms with Gasteiger partial charge in [0.2, 0.25) is 0 Å². The first-order valence-electron chi connectivity index (χ1n) is 6.56. The lowest BCUT2D eigenvalue weighted by molar-refractivity contribution is -0.144. The van der Waals surface area contributed by atoms with Crippen LogP contribution in [0.25, 0.3) is 0 Å². The first kappa shape index (κ1) is 17.6. The summed E-state index contributed by atoms with van der Waals surface area (Å²) < 4.78 is 6.74. The van der Waals surface area contributed by atoms with E-state index in [9.17, 15) is 4.79 Å². The molecule has 0 bridgehead atoms. The zero-order chi connectivity index (χ0) is 15.9. The van der Waals surface area contributed by atoms with Crippen molar-refractivity contribution in [1.82, 2.24) is 10.2 Å². The lowest BCUT2D eigenvalue weighted by Crippen LogP contribution is -2.13. The highest BCUT2D eigenvalue weighted by Crippen LogP contribution is 2.30. The fraction of sp³-hybridized carbons (Fsp3) is 0.357. The SMILES string of the molecule is CC(C)OC(=O)CSc1nnc(SCc2ccc(Cl)cc2)s1. The van der Waals surface area contributed by atoms with Gasteiger partial charge in [0.25, 0.3) is 0 Å². The monoisotopic (exact) mass is 374 g/mol. The molecule has 118 valence electrons. The fourth-order valence-electron chi connectivity index (χ4n) is 1.46. The lowest BCUT2D eigenvalue weighted by atomic mass is 10.2. The van der Waals surface area contributed by atoms with Crippen molar-refractivity contribution in [3.63, 3.8) is 0 Å². The first-order chi connectivity index (χ1) is 10.5. The summed E-state index contributed by atoms with van der Waals surface area (Å²) in [6.45, 7) is 3.66. The number of carbonyl (C=O) groups excluding carboxylic acids is 1. The van der Waals surface area contributed by atoms with Gasteiger partial charge in [-0.15, -0.1) is 10.2 Å². The Bertz CT molecular complexity index is 617. The van der Waals surface area contributed by atoms with Gasteiger partial charge in [-0.1, -0.05) is 58.6 Å². The maximum Gasteiger partial charge on any atom is 0.316 e. The normalized spacial score (nSPS) is 10.9. The van der Waals surface area contributed by atoms with E-state index in [1.807, 2.05) is 38.1 Å². The molecule has 0 saturated carbocycles. The van der Waals surface area contributed by atoms with Crippen LogP contribution in [0.5, 0.6) is 0 Å². The van der Waals surface area contributed by atoms with Crippen LogP contribution in [0, 0.1) is 0 Å². The van der Waals surface area contributed by atoms with Crippen molar-refractivity contribution >= 4 is 52.4 Å². The number of aromatic nitrogens is 2. The molecule has 8 heteroatoms. The van der Waals surface area contributed by atoms with Crippen LogP contribution in [0.2, 0.25) is 5.02 Å². The predicted octanol–water partition coefficient (Wildman–Crippen LogP) is 4.53. The minimum atomic E-state index is -0.231. The average molecular weight is 375 g/mol. The molecule has 2 aromatic rings. The summed E-state index contributed by atoms with van der Waals surface area (Å²) in [4.78, 5) is 11.5. The second-order valence-corrected chi connectivity index (χ2v) is 8.44. The van der Waals surface area contributed by atoms with Gasteiger partial charge in [-0.25, -0.2) is 0 Å². The summed E-state index contributed by atoms with van der Waals surface area (Å²) in [7, 11) is 0. The van der Waals surface area contributed by atoms with Gasteiger partial charge in [-0.2, -0.15) is 0 Å². The number of hydrogen-bond acceptors (Lipinski definition) is 7. The second-order valence-electron chi connectivity index (χ2n) is 4.58. The smallest absolute Gasteiger partial charge is 0.316 e. The number of benzene rings is 1. The second kappa shape index (κ2) is 8.76. The summed E-state index contributed by atoms with van der Waals surface area (Å²) in [5.41, 5.74) is 1.18. The molecule has 0 aliphatic rings. The molecule has 0 atom stereocenters. The van der Waals surface area contributed by atoms with Crippen LogP contribution < -0.4 is 0 Å². The molecule has 0 spiro atoms. The summed E-state index contributed by atoms with van der Waals surface area (Å²) in [6, 6.07) is 7.74. The van der Waals surface area contributed by atoms with E-state index in [-0.39, 0.29) is 17.8 Å². The zero-order valence-electron chi connectivity index (χ0n) is 12.1. The minimum absolute atomic E-state index is 0.0898. The number of esters is 1. The Balaban J connectivity index is 1.78. The summed E-state index contributed by atoms with van der Waals surface area (Å²) in [6.07, 6.45) is -0.0898. The highest BCUT2D eigenvalue weighted by atomic mass is 35.5. The highest BCUT2D eigenvalue weighted by Gasteiger charge is 2.10. The lowest BCUT2D eigenvalue weighted by Gasteiger charge is -2.05. The molecule has 0 fully saturated rings. The molecule has 2 rings (SSSR count). The fourth-order valence-corrected chi connectivity index (χ4v) is 4.34. The molecule has 22 heavy (non-hydrogen) atoms. The van der Waals surface area contributed by atoms with E-state index in [0.29, 0.717) is 0 Å². The van der Waals surface area contributed by atoms with Crippen LogP contribution in [-0.2, 0) is 15.3 Å². The number of carbonyl (C=O) groups is 1. The average Bonchev–Trinajstić information content (AvgIpc) is 2.92. The van der Waals surface area contributed by atoms with Crippen LogP contribution in [0.4, 0.5) is 0 Å². The third-order valence-electron chi connectivity index (χ3n) is 2.34. The molecule has 0 amide bonds. The molecular formula is C14H15ClN2O2S3. The Kier molecular flexibility index (Phi) is 7.01. The predicted molar refractivity (Wildman–Crippen MR) is 92.9 cm³/mol. The van der Waals surface area contributed by atoms with Gasteiger partial charge < -0.3 is 4.74 Å². The molecule has 1 aromatic heterocycles. The van der Waals surface area contributed by atoms with Crippen LogP contribution in [0.3, 0.4) is 0 Å². The van der Waals surface area contributed by atoms with Gasteiger partial charge in [-0.05, 0) is 31.5 Å². The van der Waals surface area contributed by atoms with Crippen molar-refractivity contribution < 1.29 is 9.53 Å². The van der Waals surface area contributed by atoms with Gasteiger partial charge in [-0.3, -0.25) is 4.79 Å². The summed E-state index contributed by atoms with van der Waals surface area (Å²) in [5, 5.41) is 8.93. The molecule has 0 aliphatic heterocycles. The number of thioether (sulfide) groups is 2. The maximum absolute atomic E-state index is 11.5. The zero-order valence-corrected chi connectivity index (χ0v) is 15.3. The van der Waals surface area contributed by atoms with Crippen LogP contribution in [0.15, 0.2) is 32.9 Å². The third kappa shape index (κ3) is 6.16. The van der Waals surface area contributed by atoms with E-state index in [1.54, 1.807) is 11.8 Å². The van der Waals surface area contributed by atoms with E-state index < -0.39 is 0 Å². The molecule has 0 aliphatic carbocycles. The number of rotatable bonds is 7. The molecule has 1 heterocycles. The van der Waals surface area contributed by atoms with Crippen molar-refractivity contribution in [2.24, 2.45) is 0 Å². The molecular weight excluding hydrogens is 360 g/mol. The molecule has 0 N–H and O–H groups in total. The van der Waals surface area contributed by atoms with Crippen molar-refractivity contribution in [1.29, 1.82) is 0 Å². The largest absolute Gasteiger partial charge is 0.462 e. The molecule has 0 radical (unpaired) electrons. The number of ether oxygens (including phenoxy) is 1. The number of halogens is 1. The van der Waals surface area contributed by atoms with E-state index in [1.165, 1.54) is 28.7 Å². The maximum atomic E-state index is 11.5. The van der Waals surface area contributed by atoms with Gasteiger partial charge >= 0.3 is 5.97 Å². The van der Waals surface area contributed by atoms with Gasteiger partial charge in [0.15, 0.2) is 8.68 Å². The van der Waals surface area contributed by atoms with Gasteiger partial charge in [0.1, 0.15) is 0 Å². The van der Waals surface area contributed by atoms with Crippen molar-refractivity contribution in [3.05, 3.63) is 34.9 Å². The Hall–Kier alpha value is -0.760. The van der Waals surface area contributed by atoms with E-state index in [0.717, 1.165) is 19.5 Å². The number of nitrogens with zero attached hydrogens (tertiary/aromatic N) is 2. The van der Waals surface area contributed by atoms with Gasteiger partial charge in [0.05, 0.1) is 11.9 Å². The summed E-state index contributed by atoms with van der Waals surface area (Å²) in [5.74, 6) is 0.839. The minimum Gasteiger partial charge on any atom is -0.462 e. The Morgan fingerprint density at radius 1 is 1.23 bits per heavy atom. The Morgan fingerprint density at radius 3 is 2.50 bits per heavy atom. The number of hydrogen-bond donors (Lipinski definition) is 0. The Morgan fingerprint density at radius 2 is 1.86 bits per heavy atom. The third-order valence-corrected chi connectivity index (χ3v) is 5.83. The van der Waals surface area contributed by atoms with Crippen LogP contribution in [0.1, 0.15) is 19.4 Å². The van der Waals surface area contributed by atoms with E-state index in [2.05, 4.69) is 10.2 Å². The van der Waals surface area contributed by atoms with Gasteiger partial charge in [0, 0.05) is 10.8 Å². The quantitative estimate of drug-likeness (QED) is 0.524. The Labute approximate surface area is 147 Å². The molecule has 0 saturated heterocycles.